The number of hydrogen-bond acceptors (Lipinski definition) is 4. The van der Waals surface area contributed by atoms with Gasteiger partial charge in [-0.15, -0.1) is 0 Å². The lowest BCUT2D eigenvalue weighted by Crippen LogP contribution is -2.22. The molecule has 0 aliphatic carbocycles. The van der Waals surface area contributed by atoms with Gasteiger partial charge in [0.1, 0.15) is 0 Å². The molecule has 0 spiro atoms. The zero-order valence-electron chi connectivity index (χ0n) is 22.6. The van der Waals surface area contributed by atoms with E-state index >= 15 is 0 Å². The Balaban J connectivity index is 1.67. The molecule has 1 aliphatic heterocycles. The van der Waals surface area contributed by atoms with Crippen LogP contribution in [0.25, 0.3) is 0 Å². The van der Waals surface area contributed by atoms with Gasteiger partial charge in [0.05, 0.1) is 10.5 Å². The molecule has 0 radical (unpaired) electrons. The topological polar surface area (TPSA) is 58.4 Å². The summed E-state index contributed by atoms with van der Waals surface area (Å²) in [7, 11) is 3.65. The van der Waals surface area contributed by atoms with Gasteiger partial charge in [-0.1, -0.05) is 64.2 Å². The van der Waals surface area contributed by atoms with E-state index in [1.54, 1.807) is 19.2 Å². The molecule has 1 N–H and O–H groups in total. The first-order valence-corrected chi connectivity index (χ1v) is 12.3. The molecule has 0 amide bonds. The molecule has 0 saturated carbocycles. The Kier molecular flexibility index (Phi) is 8.24. The van der Waals surface area contributed by atoms with Gasteiger partial charge in [0.2, 0.25) is 0 Å². The van der Waals surface area contributed by atoms with Crippen LogP contribution in [0.15, 0.2) is 84.6 Å². The second kappa shape index (κ2) is 10.9. The number of anilines is 2. The molecule has 2 aromatic carbocycles. The minimum atomic E-state index is -4.39. The second-order valence-electron chi connectivity index (χ2n) is 10.5. The Morgan fingerprint density at radius 2 is 1.68 bits per heavy atom. The Labute approximate surface area is 222 Å². The van der Waals surface area contributed by atoms with Crippen LogP contribution in [0.4, 0.5) is 30.2 Å². The van der Waals surface area contributed by atoms with Crippen molar-refractivity contribution in [2.75, 3.05) is 24.3 Å². The average Bonchev–Trinajstić information content (AvgIpc) is 3.04. The van der Waals surface area contributed by atoms with Crippen LogP contribution >= 0.6 is 0 Å². The fourth-order valence-electron chi connectivity index (χ4n) is 4.83. The monoisotopic (exact) mass is 525 g/mol. The minimum Gasteiger partial charge on any atom is -0.388 e. The summed E-state index contributed by atoms with van der Waals surface area (Å²) >= 11 is 0. The predicted molar refractivity (Wildman–Crippen MR) is 149 cm³/mol. The van der Waals surface area contributed by atoms with Crippen molar-refractivity contribution in [2.24, 2.45) is 0 Å². The van der Waals surface area contributed by atoms with E-state index in [-0.39, 0.29) is 16.0 Å². The first-order valence-electron chi connectivity index (χ1n) is 12.3. The van der Waals surface area contributed by atoms with Crippen LogP contribution in [0.1, 0.15) is 50.8 Å². The van der Waals surface area contributed by atoms with Crippen LogP contribution in [0.5, 0.6) is 0 Å². The molecular weight excluding hydrogens is 491 g/mol. The Hall–Kier alpha value is -3.81. The van der Waals surface area contributed by atoms with Crippen LogP contribution in [0.2, 0.25) is 0 Å². The highest BCUT2D eigenvalue weighted by Crippen LogP contribution is 2.48. The number of hydrogen-bond donors (Lipinski definition) is 1. The van der Waals surface area contributed by atoms with Gasteiger partial charge in [-0.3, -0.25) is 10.1 Å². The number of halogens is 3. The van der Waals surface area contributed by atoms with Crippen LogP contribution in [-0.4, -0.2) is 19.0 Å². The zero-order chi connectivity index (χ0) is 28.3. The quantitative estimate of drug-likeness (QED) is 0.214. The number of alkyl halides is 3. The largest absolute Gasteiger partial charge is 0.416 e. The number of benzene rings is 2. The van der Waals surface area contributed by atoms with Crippen LogP contribution in [0, 0.1) is 10.1 Å². The first-order chi connectivity index (χ1) is 17.7. The van der Waals surface area contributed by atoms with Gasteiger partial charge in [0.25, 0.3) is 5.69 Å². The SMILES string of the molecule is CNc1ccc(C(F)(F)F)cc1C(C)(C)C/C=C/C=C/C=C/C=C1/N(C)c2ccc([N+](=O)[O-])cc2C1(C)C. The van der Waals surface area contributed by atoms with Crippen molar-refractivity contribution in [3.8, 4) is 0 Å². The highest BCUT2D eigenvalue weighted by Gasteiger charge is 2.39. The molecule has 1 aliphatic rings. The normalized spacial score (nSPS) is 16.8. The summed E-state index contributed by atoms with van der Waals surface area (Å²) in [5.41, 5.74) is 2.72. The van der Waals surface area contributed by atoms with Gasteiger partial charge >= 0.3 is 6.18 Å². The Bertz CT molecular complexity index is 1320. The van der Waals surface area contributed by atoms with Gasteiger partial charge in [-0.25, -0.2) is 0 Å². The summed E-state index contributed by atoms with van der Waals surface area (Å²) < 4.78 is 39.7. The molecule has 8 heteroatoms. The number of nitro groups is 1. The fourth-order valence-corrected chi connectivity index (χ4v) is 4.83. The summed E-state index contributed by atoms with van der Waals surface area (Å²) in [6.07, 6.45) is 9.56. The van der Waals surface area contributed by atoms with E-state index in [0.29, 0.717) is 17.7 Å². The number of likely N-dealkylation sites (N-methyl/N-ethyl adjacent to an activating group) is 1. The Morgan fingerprint density at radius 3 is 2.32 bits per heavy atom. The maximum atomic E-state index is 13.2. The lowest BCUT2D eigenvalue weighted by molar-refractivity contribution is -0.384. The van der Waals surface area contributed by atoms with Crippen LogP contribution < -0.4 is 10.2 Å². The van der Waals surface area contributed by atoms with Gasteiger partial charge < -0.3 is 10.2 Å². The van der Waals surface area contributed by atoms with E-state index in [0.717, 1.165) is 23.0 Å². The number of nitrogens with one attached hydrogen (secondary N) is 1. The highest BCUT2D eigenvalue weighted by molar-refractivity contribution is 5.72. The lowest BCUT2D eigenvalue weighted by atomic mass is 9.79. The first kappa shape index (κ1) is 28.8. The third-order valence-electron chi connectivity index (χ3n) is 7.04. The average molecular weight is 526 g/mol. The molecule has 5 nitrogen and oxygen atoms in total. The number of fused-ring (bicyclic) bond motifs is 1. The summed E-state index contributed by atoms with van der Waals surface area (Å²) in [6, 6.07) is 8.74. The van der Waals surface area contributed by atoms with Crippen molar-refractivity contribution in [2.45, 2.75) is 51.1 Å². The number of nitro benzene ring substituents is 1. The summed E-state index contributed by atoms with van der Waals surface area (Å²) in [5.74, 6) is 0. The summed E-state index contributed by atoms with van der Waals surface area (Å²) in [5, 5.41) is 14.2. The van der Waals surface area contributed by atoms with E-state index < -0.39 is 17.2 Å². The Morgan fingerprint density at radius 1 is 1.03 bits per heavy atom. The molecule has 0 saturated heterocycles. The maximum Gasteiger partial charge on any atom is 0.416 e. The zero-order valence-corrected chi connectivity index (χ0v) is 22.6. The molecule has 202 valence electrons. The molecular formula is C30H34F3N3O2. The number of allylic oxidation sites excluding steroid dienone is 8. The number of rotatable bonds is 8. The van der Waals surface area contributed by atoms with Crippen LogP contribution in [0.3, 0.4) is 0 Å². The van der Waals surface area contributed by atoms with Crippen molar-refractivity contribution in [1.82, 2.24) is 0 Å². The van der Waals surface area contributed by atoms with Crippen molar-refractivity contribution in [3.05, 3.63) is 111 Å². The van der Waals surface area contributed by atoms with E-state index in [9.17, 15) is 23.3 Å². The summed E-state index contributed by atoms with van der Waals surface area (Å²) in [6.45, 7) is 7.94. The highest BCUT2D eigenvalue weighted by atomic mass is 19.4. The molecule has 1 heterocycles. The molecule has 0 bridgehead atoms. The fraction of sp³-hybridized carbons (Fsp3) is 0.333. The van der Waals surface area contributed by atoms with Gasteiger partial charge in [-0.2, -0.15) is 13.2 Å². The second-order valence-corrected chi connectivity index (χ2v) is 10.5. The molecule has 2 aromatic rings. The molecule has 0 aromatic heterocycles. The predicted octanol–water partition coefficient (Wildman–Crippen LogP) is 8.30. The van der Waals surface area contributed by atoms with E-state index in [2.05, 4.69) is 5.32 Å². The van der Waals surface area contributed by atoms with Crippen molar-refractivity contribution < 1.29 is 18.1 Å². The number of nitrogens with zero attached hydrogens (tertiary/aromatic N) is 2. The van der Waals surface area contributed by atoms with Gasteiger partial charge in [-0.05, 0) is 53.3 Å². The smallest absolute Gasteiger partial charge is 0.388 e. The molecule has 38 heavy (non-hydrogen) atoms. The third kappa shape index (κ3) is 6.01. The van der Waals surface area contributed by atoms with Crippen molar-refractivity contribution in [1.29, 1.82) is 0 Å². The van der Waals surface area contributed by atoms with Gasteiger partial charge in [0, 0.05) is 48.7 Å². The maximum absolute atomic E-state index is 13.2. The standard InChI is InChI=1S/C30H34F3N3O2/c1-28(2,23-19-21(30(31,32)33)14-16-25(23)34-5)18-12-10-8-7-9-11-13-27-29(3,4)24-20-22(36(37)38)15-17-26(24)35(27)6/h7-17,19-20,34H,18H2,1-6H3/b8-7+,11-9+,12-10+,27-13+. The van der Waals surface area contributed by atoms with Crippen molar-refractivity contribution >= 4 is 17.1 Å². The van der Waals surface area contributed by atoms with E-state index in [1.165, 1.54) is 18.2 Å². The molecule has 0 atom stereocenters. The van der Waals surface area contributed by atoms with Crippen molar-refractivity contribution in [3.63, 3.8) is 0 Å². The van der Waals surface area contributed by atoms with E-state index in [1.807, 2.05) is 82.2 Å². The minimum absolute atomic E-state index is 0.0788. The molecule has 0 fully saturated rings. The molecule has 0 unspecified atom stereocenters. The van der Waals surface area contributed by atoms with Gasteiger partial charge in [0.15, 0.2) is 0 Å². The lowest BCUT2D eigenvalue weighted by Gasteiger charge is -2.27. The van der Waals surface area contributed by atoms with Crippen LogP contribution in [-0.2, 0) is 17.0 Å². The third-order valence-corrected chi connectivity index (χ3v) is 7.04. The van der Waals surface area contributed by atoms with E-state index in [4.69, 9.17) is 0 Å². The number of non-ortho nitro benzene ring substituents is 1. The summed E-state index contributed by atoms with van der Waals surface area (Å²) in [4.78, 5) is 12.9. The molecule has 3 rings (SSSR count).